The van der Waals surface area contributed by atoms with Crippen LogP contribution in [0.2, 0.25) is 0 Å². The lowest BCUT2D eigenvalue weighted by Gasteiger charge is -2.36. The maximum absolute atomic E-state index is 13.4. The van der Waals surface area contributed by atoms with Crippen LogP contribution < -0.4 is 0 Å². The van der Waals surface area contributed by atoms with E-state index in [0.29, 0.717) is 5.92 Å². The van der Waals surface area contributed by atoms with Gasteiger partial charge >= 0.3 is 0 Å². The molecule has 4 aromatic rings. The summed E-state index contributed by atoms with van der Waals surface area (Å²) >= 11 is 1.86. The molecule has 2 atom stereocenters. The van der Waals surface area contributed by atoms with Crippen LogP contribution in [0.4, 0.5) is 4.39 Å². The number of hydrogen-bond acceptors (Lipinski definition) is 2. The van der Waals surface area contributed by atoms with Crippen molar-refractivity contribution in [2.75, 3.05) is 0 Å². The Balaban J connectivity index is 1.26. The molecule has 0 saturated heterocycles. The summed E-state index contributed by atoms with van der Waals surface area (Å²) in [5, 5.41) is 8.43. The maximum Gasteiger partial charge on any atom is 0.123 e. The Kier molecular flexibility index (Phi) is 4.39. The molecule has 1 unspecified atom stereocenters. The van der Waals surface area contributed by atoms with E-state index in [1.165, 1.54) is 58.3 Å². The van der Waals surface area contributed by atoms with Gasteiger partial charge in [-0.2, -0.15) is 5.10 Å². The lowest BCUT2D eigenvalue weighted by molar-refractivity contribution is 0.256. The quantitative estimate of drug-likeness (QED) is 0.336. The normalized spacial score (nSPS) is 22.4. The zero-order chi connectivity index (χ0) is 21.0. The van der Waals surface area contributed by atoms with Gasteiger partial charge in [-0.05, 0) is 102 Å². The third kappa shape index (κ3) is 3.08. The van der Waals surface area contributed by atoms with Gasteiger partial charge in [0.2, 0.25) is 0 Å². The first-order chi connectivity index (χ1) is 15.1. The first kappa shape index (κ1) is 19.0. The molecule has 0 amide bonds. The van der Waals surface area contributed by atoms with Crippen LogP contribution in [-0.2, 0) is 12.8 Å². The van der Waals surface area contributed by atoms with Gasteiger partial charge in [-0.15, -0.1) is 11.3 Å². The molecule has 0 spiro atoms. The van der Waals surface area contributed by atoms with Crippen molar-refractivity contribution in [2.45, 2.75) is 39.0 Å². The van der Waals surface area contributed by atoms with E-state index in [0.717, 1.165) is 18.5 Å². The van der Waals surface area contributed by atoms with Crippen LogP contribution in [0, 0.1) is 17.2 Å². The van der Waals surface area contributed by atoms with Crippen LogP contribution in [-0.4, -0.2) is 9.78 Å². The van der Waals surface area contributed by atoms with E-state index in [-0.39, 0.29) is 11.2 Å². The number of nitrogens with zero attached hydrogens (tertiary/aromatic N) is 2. The molecular weight excluding hydrogens is 403 g/mol. The van der Waals surface area contributed by atoms with E-state index < -0.39 is 0 Å². The molecule has 156 valence electrons. The third-order valence-electron chi connectivity index (χ3n) is 7.55. The molecular formula is C27H25FN2S. The van der Waals surface area contributed by atoms with Gasteiger partial charge in [0, 0.05) is 4.70 Å². The Morgan fingerprint density at radius 1 is 1.16 bits per heavy atom. The van der Waals surface area contributed by atoms with Crippen molar-refractivity contribution >= 4 is 27.5 Å². The van der Waals surface area contributed by atoms with Gasteiger partial charge in [0.15, 0.2) is 0 Å². The number of rotatable bonds is 4. The molecule has 0 N–H and O–H groups in total. The number of halogens is 1. The van der Waals surface area contributed by atoms with Crippen LogP contribution in [0.5, 0.6) is 0 Å². The number of fused-ring (bicyclic) bond motifs is 3. The molecule has 0 radical (unpaired) electrons. The maximum atomic E-state index is 13.4. The average molecular weight is 429 g/mol. The summed E-state index contributed by atoms with van der Waals surface area (Å²) in [5.41, 5.74) is 6.68. The zero-order valence-electron chi connectivity index (χ0n) is 17.6. The SMILES string of the molecule is C[C@]12Cc3cnn(-c4ccc(F)cc4)c3C=C1CCC2CCc1csc2ccccc12. The van der Waals surface area contributed by atoms with Gasteiger partial charge in [-0.25, -0.2) is 9.07 Å². The van der Waals surface area contributed by atoms with Crippen LogP contribution in [0.3, 0.4) is 0 Å². The highest BCUT2D eigenvalue weighted by Crippen LogP contribution is 2.54. The summed E-state index contributed by atoms with van der Waals surface area (Å²) in [6.45, 7) is 2.46. The Bertz CT molecular complexity index is 1300. The molecule has 1 saturated carbocycles. The van der Waals surface area contributed by atoms with Crippen molar-refractivity contribution in [2.24, 2.45) is 11.3 Å². The van der Waals surface area contributed by atoms with E-state index in [1.54, 1.807) is 17.7 Å². The number of thiophene rings is 1. The van der Waals surface area contributed by atoms with Gasteiger partial charge in [-0.1, -0.05) is 30.7 Å². The summed E-state index contributed by atoms with van der Waals surface area (Å²) in [7, 11) is 0. The van der Waals surface area contributed by atoms with E-state index in [1.807, 2.05) is 22.2 Å². The molecule has 2 heterocycles. The molecule has 2 aliphatic carbocycles. The fraction of sp³-hybridized carbons (Fsp3) is 0.296. The second-order valence-corrected chi connectivity index (χ2v) is 10.1. The first-order valence-corrected chi connectivity index (χ1v) is 12.0. The minimum absolute atomic E-state index is 0.215. The van der Waals surface area contributed by atoms with Crippen LogP contribution >= 0.6 is 11.3 Å². The summed E-state index contributed by atoms with van der Waals surface area (Å²) in [6, 6.07) is 15.4. The second-order valence-electron chi connectivity index (χ2n) is 9.24. The topological polar surface area (TPSA) is 17.8 Å². The summed E-state index contributed by atoms with van der Waals surface area (Å²) in [4.78, 5) is 0. The molecule has 0 aliphatic heterocycles. The Morgan fingerprint density at radius 3 is 2.87 bits per heavy atom. The Labute approximate surface area is 186 Å². The van der Waals surface area contributed by atoms with Crippen molar-refractivity contribution in [1.82, 2.24) is 9.78 Å². The first-order valence-electron chi connectivity index (χ1n) is 11.1. The molecule has 6 rings (SSSR count). The molecule has 2 nitrogen and oxygen atoms in total. The third-order valence-corrected chi connectivity index (χ3v) is 8.56. The largest absolute Gasteiger partial charge is 0.233 e. The monoisotopic (exact) mass is 428 g/mol. The zero-order valence-corrected chi connectivity index (χ0v) is 18.5. The van der Waals surface area contributed by atoms with Crippen molar-refractivity contribution in [1.29, 1.82) is 0 Å². The fourth-order valence-corrected chi connectivity index (χ4v) is 6.74. The van der Waals surface area contributed by atoms with Gasteiger partial charge < -0.3 is 0 Å². The molecule has 4 heteroatoms. The second kappa shape index (κ2) is 7.16. The molecule has 0 bridgehead atoms. The van der Waals surface area contributed by atoms with Crippen molar-refractivity contribution < 1.29 is 4.39 Å². The summed E-state index contributed by atoms with van der Waals surface area (Å²) < 4.78 is 16.7. The van der Waals surface area contributed by atoms with Crippen molar-refractivity contribution in [3.8, 4) is 5.69 Å². The number of hydrogen-bond donors (Lipinski definition) is 0. The molecule has 1 fully saturated rings. The van der Waals surface area contributed by atoms with Gasteiger partial charge in [-0.3, -0.25) is 0 Å². The highest BCUT2D eigenvalue weighted by molar-refractivity contribution is 7.17. The van der Waals surface area contributed by atoms with Gasteiger partial charge in [0.05, 0.1) is 17.6 Å². The number of aryl methyl sites for hydroxylation is 1. The molecule has 2 aliphatic rings. The minimum Gasteiger partial charge on any atom is -0.233 e. The lowest BCUT2D eigenvalue weighted by Crippen LogP contribution is -2.29. The summed E-state index contributed by atoms with van der Waals surface area (Å²) in [5.74, 6) is 0.479. The number of allylic oxidation sites excluding steroid dienone is 1. The Morgan fingerprint density at radius 2 is 2.00 bits per heavy atom. The predicted molar refractivity (Wildman–Crippen MR) is 126 cm³/mol. The molecule has 31 heavy (non-hydrogen) atoms. The number of aromatic nitrogens is 2. The van der Waals surface area contributed by atoms with E-state index in [4.69, 9.17) is 0 Å². The van der Waals surface area contributed by atoms with E-state index in [9.17, 15) is 4.39 Å². The molecule has 2 aromatic carbocycles. The van der Waals surface area contributed by atoms with Crippen molar-refractivity contribution in [3.63, 3.8) is 0 Å². The smallest absolute Gasteiger partial charge is 0.123 e. The van der Waals surface area contributed by atoms with Crippen LogP contribution in [0.15, 0.2) is 65.7 Å². The highest BCUT2D eigenvalue weighted by Gasteiger charge is 2.45. The Hall–Kier alpha value is -2.72. The lowest BCUT2D eigenvalue weighted by atomic mass is 9.68. The van der Waals surface area contributed by atoms with E-state index in [2.05, 4.69) is 47.7 Å². The minimum atomic E-state index is -0.215. The van der Waals surface area contributed by atoms with Crippen LogP contribution in [0.1, 0.15) is 43.0 Å². The van der Waals surface area contributed by atoms with Gasteiger partial charge in [0.25, 0.3) is 0 Å². The van der Waals surface area contributed by atoms with Crippen molar-refractivity contribution in [3.05, 3.63) is 88.3 Å². The fourth-order valence-electron chi connectivity index (χ4n) is 5.74. The molecule has 2 aromatic heterocycles. The van der Waals surface area contributed by atoms with Crippen LogP contribution in [0.25, 0.3) is 21.8 Å². The van der Waals surface area contributed by atoms with Gasteiger partial charge in [0.1, 0.15) is 5.82 Å². The average Bonchev–Trinajstić information content (AvgIpc) is 3.46. The summed E-state index contributed by atoms with van der Waals surface area (Å²) in [6.07, 6.45) is 10.2. The predicted octanol–water partition coefficient (Wildman–Crippen LogP) is 7.21. The standard InChI is InChI=1S/C27H25FN2S/c1-27-15-19-16-29-30(23-12-10-22(28)11-13-23)25(19)14-21(27)9-8-20(27)7-6-18-17-31-26-5-3-2-4-24(18)26/h2-5,10-14,16-17,20H,6-9,15H2,1H3/t20?,27-/m1/s1. The number of benzene rings is 2. The highest BCUT2D eigenvalue weighted by atomic mass is 32.1. The van der Waals surface area contributed by atoms with E-state index >= 15 is 0 Å².